The van der Waals surface area contributed by atoms with Crippen LogP contribution in [0.5, 0.6) is 0 Å². The maximum atomic E-state index is 4.06. The summed E-state index contributed by atoms with van der Waals surface area (Å²) in [6.45, 7) is 4.06. The van der Waals surface area contributed by atoms with Gasteiger partial charge in [0, 0.05) is 0 Å². The smallest absolute Gasteiger partial charge is 0.00408 e. The average Bonchev–Trinajstić information content (AvgIpc) is 2.53. The van der Waals surface area contributed by atoms with Crippen molar-refractivity contribution in [2.24, 2.45) is 0 Å². The van der Waals surface area contributed by atoms with Crippen LogP contribution in [0.25, 0.3) is 10.8 Å². The Kier molecular flexibility index (Phi) is 4.10. The molecule has 0 spiro atoms. The summed E-state index contributed by atoms with van der Waals surface area (Å²) in [7, 11) is 0. The second-order valence-corrected chi connectivity index (χ2v) is 6.32. The quantitative estimate of drug-likeness (QED) is 0.631. The van der Waals surface area contributed by atoms with E-state index in [1.807, 2.05) is 0 Å². The lowest BCUT2D eigenvalue weighted by molar-refractivity contribution is 0.271. The summed E-state index contributed by atoms with van der Waals surface area (Å²) in [5.41, 5.74) is 2.01. The molecule has 20 heavy (non-hydrogen) atoms. The van der Waals surface area contributed by atoms with E-state index in [-0.39, 0.29) is 0 Å². The topological polar surface area (TPSA) is 0 Å². The van der Waals surface area contributed by atoms with Gasteiger partial charge in [-0.05, 0) is 41.0 Å². The highest BCUT2D eigenvalue weighted by Gasteiger charge is 2.34. The fourth-order valence-corrected chi connectivity index (χ4v) is 4.03. The molecule has 0 aromatic heterocycles. The maximum Gasteiger partial charge on any atom is -0.00408 e. The Balaban J connectivity index is 2.08. The van der Waals surface area contributed by atoms with Gasteiger partial charge in [0.1, 0.15) is 0 Å². The summed E-state index contributed by atoms with van der Waals surface area (Å²) in [6, 6.07) is 15.8. The van der Waals surface area contributed by atoms with E-state index >= 15 is 0 Å². The first kappa shape index (κ1) is 13.7. The minimum absolute atomic E-state index is 0.413. The average molecular weight is 265 g/mol. The van der Waals surface area contributed by atoms with Gasteiger partial charge in [0.05, 0.1) is 0 Å². The van der Waals surface area contributed by atoms with Crippen molar-refractivity contribution in [2.45, 2.75) is 56.8 Å². The Labute approximate surface area is 123 Å². The van der Waals surface area contributed by atoms with E-state index < -0.39 is 0 Å². The van der Waals surface area contributed by atoms with Gasteiger partial charge in [-0.2, -0.15) is 0 Å². The van der Waals surface area contributed by atoms with Gasteiger partial charge in [-0.3, -0.25) is 0 Å². The molecule has 0 atom stereocenters. The van der Waals surface area contributed by atoms with Crippen LogP contribution >= 0.6 is 0 Å². The standard InChI is InChI=1S/C20H25/c1-2-3-14-20(15-7-4-8-16-20)19-13-9-11-17-10-5-6-12-18(17)19/h5-6,9-13H,1-4,7-8,14-16H2. The molecular weight excluding hydrogens is 240 g/mol. The molecule has 2 aromatic rings. The number of rotatable bonds is 4. The number of hydrogen-bond donors (Lipinski definition) is 0. The molecule has 1 saturated carbocycles. The van der Waals surface area contributed by atoms with Crippen molar-refractivity contribution in [3.8, 4) is 0 Å². The molecule has 1 aliphatic carbocycles. The zero-order valence-corrected chi connectivity index (χ0v) is 12.4. The molecule has 1 aliphatic rings. The largest absolute Gasteiger partial charge is 0.0616 e. The lowest BCUT2D eigenvalue weighted by Crippen LogP contribution is -2.29. The van der Waals surface area contributed by atoms with Crippen molar-refractivity contribution in [3.05, 3.63) is 55.0 Å². The lowest BCUT2D eigenvalue weighted by atomic mass is 9.65. The van der Waals surface area contributed by atoms with Crippen molar-refractivity contribution in [2.75, 3.05) is 0 Å². The second-order valence-electron chi connectivity index (χ2n) is 6.32. The normalized spacial score (nSPS) is 18.2. The summed E-state index contributed by atoms with van der Waals surface area (Å²) < 4.78 is 0. The van der Waals surface area contributed by atoms with E-state index in [1.165, 1.54) is 55.7 Å². The summed E-state index contributed by atoms with van der Waals surface area (Å²) in [6.07, 6.45) is 10.5. The van der Waals surface area contributed by atoms with Crippen LogP contribution in [0.3, 0.4) is 0 Å². The van der Waals surface area contributed by atoms with Gasteiger partial charge in [-0.25, -0.2) is 0 Å². The number of fused-ring (bicyclic) bond motifs is 1. The third kappa shape index (κ3) is 2.49. The third-order valence-corrected chi connectivity index (χ3v) is 5.08. The van der Waals surface area contributed by atoms with E-state index in [4.69, 9.17) is 0 Å². The van der Waals surface area contributed by atoms with Crippen LogP contribution in [0.2, 0.25) is 0 Å². The van der Waals surface area contributed by atoms with Crippen LogP contribution in [-0.4, -0.2) is 0 Å². The highest BCUT2D eigenvalue weighted by molar-refractivity contribution is 5.86. The molecule has 0 unspecified atom stereocenters. The van der Waals surface area contributed by atoms with E-state index in [9.17, 15) is 0 Å². The second kappa shape index (κ2) is 5.99. The first-order valence-corrected chi connectivity index (χ1v) is 8.13. The van der Waals surface area contributed by atoms with Crippen LogP contribution in [0.4, 0.5) is 0 Å². The maximum absolute atomic E-state index is 4.06. The van der Waals surface area contributed by atoms with E-state index in [2.05, 4.69) is 49.4 Å². The third-order valence-electron chi connectivity index (χ3n) is 5.08. The Bertz CT molecular complexity index is 556. The SMILES string of the molecule is [CH2]CCCC1(c2cccc3ccccc23)CCCCC1. The predicted octanol–water partition coefficient (Wildman–Crippen LogP) is 6.05. The van der Waals surface area contributed by atoms with Gasteiger partial charge in [0.15, 0.2) is 0 Å². The van der Waals surface area contributed by atoms with E-state index in [0.717, 1.165) is 6.42 Å². The molecule has 105 valence electrons. The van der Waals surface area contributed by atoms with Crippen LogP contribution in [0.15, 0.2) is 42.5 Å². The van der Waals surface area contributed by atoms with Gasteiger partial charge in [0.2, 0.25) is 0 Å². The van der Waals surface area contributed by atoms with Crippen LogP contribution in [0.1, 0.15) is 56.9 Å². The Hall–Kier alpha value is -1.30. The monoisotopic (exact) mass is 265 g/mol. The minimum Gasteiger partial charge on any atom is -0.0616 e. The molecule has 1 radical (unpaired) electrons. The van der Waals surface area contributed by atoms with Crippen LogP contribution in [-0.2, 0) is 5.41 Å². The van der Waals surface area contributed by atoms with Crippen molar-refractivity contribution in [3.63, 3.8) is 0 Å². The van der Waals surface area contributed by atoms with Gasteiger partial charge >= 0.3 is 0 Å². The molecule has 3 rings (SSSR count). The van der Waals surface area contributed by atoms with Crippen molar-refractivity contribution in [1.29, 1.82) is 0 Å². The molecular formula is C20H25. The first-order chi connectivity index (χ1) is 9.86. The first-order valence-electron chi connectivity index (χ1n) is 8.13. The summed E-state index contributed by atoms with van der Waals surface area (Å²) in [4.78, 5) is 0. The molecule has 0 heteroatoms. The molecule has 0 amide bonds. The molecule has 1 fully saturated rings. The minimum atomic E-state index is 0.413. The van der Waals surface area contributed by atoms with Gasteiger partial charge in [-0.15, -0.1) is 0 Å². The number of unbranched alkanes of at least 4 members (excludes halogenated alkanes) is 1. The Morgan fingerprint density at radius 1 is 0.900 bits per heavy atom. The molecule has 0 aliphatic heterocycles. The van der Waals surface area contributed by atoms with Gasteiger partial charge in [-0.1, -0.05) is 81.5 Å². The van der Waals surface area contributed by atoms with Crippen LogP contribution < -0.4 is 0 Å². The lowest BCUT2D eigenvalue weighted by Gasteiger charge is -2.39. The fourth-order valence-electron chi connectivity index (χ4n) is 4.03. The van der Waals surface area contributed by atoms with E-state index in [0.29, 0.717) is 5.41 Å². The van der Waals surface area contributed by atoms with Gasteiger partial charge in [0.25, 0.3) is 0 Å². The molecule has 0 bridgehead atoms. The van der Waals surface area contributed by atoms with Crippen molar-refractivity contribution >= 4 is 10.8 Å². The summed E-state index contributed by atoms with van der Waals surface area (Å²) in [5.74, 6) is 0. The highest BCUT2D eigenvalue weighted by Crippen LogP contribution is 2.45. The Morgan fingerprint density at radius 2 is 1.65 bits per heavy atom. The molecule has 2 aromatic carbocycles. The highest BCUT2D eigenvalue weighted by atomic mass is 14.4. The molecule has 0 heterocycles. The van der Waals surface area contributed by atoms with Gasteiger partial charge < -0.3 is 0 Å². The molecule has 0 N–H and O–H groups in total. The summed E-state index contributed by atoms with van der Waals surface area (Å²) >= 11 is 0. The van der Waals surface area contributed by atoms with E-state index in [1.54, 1.807) is 5.56 Å². The molecule has 0 saturated heterocycles. The number of hydrogen-bond acceptors (Lipinski definition) is 0. The zero-order valence-electron chi connectivity index (χ0n) is 12.4. The zero-order chi connectivity index (χ0) is 13.8. The van der Waals surface area contributed by atoms with Crippen molar-refractivity contribution in [1.82, 2.24) is 0 Å². The Morgan fingerprint density at radius 3 is 2.45 bits per heavy atom. The predicted molar refractivity (Wildman–Crippen MR) is 87.9 cm³/mol. The summed E-state index contributed by atoms with van der Waals surface area (Å²) in [5, 5.41) is 2.87. The van der Waals surface area contributed by atoms with Crippen molar-refractivity contribution < 1.29 is 0 Å². The molecule has 0 nitrogen and oxygen atoms in total. The number of benzene rings is 2. The van der Waals surface area contributed by atoms with Crippen LogP contribution in [0, 0.1) is 6.92 Å². The fraction of sp³-hybridized carbons (Fsp3) is 0.450.